The van der Waals surface area contributed by atoms with Gasteiger partial charge in [-0.15, -0.1) is 0 Å². The van der Waals surface area contributed by atoms with Gasteiger partial charge in [0, 0.05) is 19.6 Å². The Hall–Kier alpha value is -0.750. The molecular formula is C13H22Cl2N4O. The summed E-state index contributed by atoms with van der Waals surface area (Å²) in [6.07, 6.45) is 0. The highest BCUT2D eigenvalue weighted by molar-refractivity contribution is 6.37. The second-order valence-electron chi connectivity index (χ2n) is 4.52. The summed E-state index contributed by atoms with van der Waals surface area (Å²) < 4.78 is 5.49. The van der Waals surface area contributed by atoms with Gasteiger partial charge in [0.25, 0.3) is 0 Å². The number of rotatable bonds is 9. The molecule has 0 saturated carbocycles. The van der Waals surface area contributed by atoms with E-state index in [-0.39, 0.29) is 0 Å². The molecule has 0 atom stereocenters. The van der Waals surface area contributed by atoms with E-state index in [0.717, 1.165) is 13.1 Å². The number of halogens is 2. The van der Waals surface area contributed by atoms with E-state index >= 15 is 0 Å². The van der Waals surface area contributed by atoms with Crippen LogP contribution in [0.5, 0.6) is 0 Å². The number of pyridine rings is 1. The number of hydrogen-bond acceptors (Lipinski definition) is 5. The van der Waals surface area contributed by atoms with Crippen molar-refractivity contribution >= 4 is 34.8 Å². The number of ether oxygens (including phenoxy) is 1. The minimum atomic E-state index is 0.505. The van der Waals surface area contributed by atoms with Gasteiger partial charge in [-0.05, 0) is 27.1 Å². The number of nitrogens with one attached hydrogen (secondary N) is 2. The van der Waals surface area contributed by atoms with Crippen LogP contribution in [0.1, 0.15) is 6.92 Å². The molecule has 0 aromatic carbocycles. The van der Waals surface area contributed by atoms with Crippen molar-refractivity contribution in [3.05, 3.63) is 16.1 Å². The number of hydrogen-bond donors (Lipinski definition) is 2. The Labute approximate surface area is 130 Å². The summed E-state index contributed by atoms with van der Waals surface area (Å²) in [6, 6.07) is 1.68. The van der Waals surface area contributed by atoms with Crippen LogP contribution >= 0.6 is 23.2 Å². The average Bonchev–Trinajstić information content (AvgIpc) is 2.38. The van der Waals surface area contributed by atoms with Gasteiger partial charge < -0.3 is 20.3 Å². The first-order chi connectivity index (χ1) is 9.54. The average molecular weight is 321 g/mol. The van der Waals surface area contributed by atoms with E-state index in [1.54, 1.807) is 6.07 Å². The maximum Gasteiger partial charge on any atom is 0.147 e. The Morgan fingerprint density at radius 2 is 1.80 bits per heavy atom. The van der Waals surface area contributed by atoms with Crippen LogP contribution in [0.15, 0.2) is 6.07 Å². The molecule has 0 radical (unpaired) electrons. The van der Waals surface area contributed by atoms with E-state index in [2.05, 4.69) is 20.5 Å². The highest BCUT2D eigenvalue weighted by Crippen LogP contribution is 2.28. The maximum absolute atomic E-state index is 6.10. The number of likely N-dealkylation sites (N-methyl/N-ethyl adjacent to an activating group) is 1. The third-order valence-electron chi connectivity index (χ3n) is 2.50. The highest BCUT2D eigenvalue weighted by Gasteiger charge is 2.08. The third-order valence-corrected chi connectivity index (χ3v) is 3.07. The third kappa shape index (κ3) is 6.13. The second-order valence-corrected chi connectivity index (χ2v) is 5.34. The minimum Gasteiger partial charge on any atom is -0.378 e. The zero-order chi connectivity index (χ0) is 15.0. The lowest BCUT2D eigenvalue weighted by Crippen LogP contribution is -2.20. The quantitative estimate of drug-likeness (QED) is 0.685. The topological polar surface area (TPSA) is 49.4 Å². The highest BCUT2D eigenvalue weighted by atomic mass is 35.5. The van der Waals surface area contributed by atoms with E-state index in [4.69, 9.17) is 27.9 Å². The first kappa shape index (κ1) is 17.3. The Kier molecular flexibility index (Phi) is 7.99. The van der Waals surface area contributed by atoms with E-state index in [1.807, 2.05) is 21.0 Å². The molecule has 0 amide bonds. The lowest BCUT2D eigenvalue weighted by molar-refractivity contribution is 0.126. The molecule has 5 nitrogen and oxygen atoms in total. The van der Waals surface area contributed by atoms with Gasteiger partial charge in [-0.25, -0.2) is 4.98 Å². The molecule has 1 heterocycles. The van der Waals surface area contributed by atoms with Crippen molar-refractivity contribution < 1.29 is 4.74 Å². The molecule has 0 bridgehead atoms. The molecular weight excluding hydrogens is 299 g/mol. The van der Waals surface area contributed by atoms with Gasteiger partial charge in [0.15, 0.2) is 0 Å². The summed E-state index contributed by atoms with van der Waals surface area (Å²) >= 11 is 12.1. The van der Waals surface area contributed by atoms with Crippen LogP contribution in [0.2, 0.25) is 10.0 Å². The van der Waals surface area contributed by atoms with Crippen molar-refractivity contribution in [2.24, 2.45) is 0 Å². The summed E-state index contributed by atoms with van der Waals surface area (Å²) in [5.41, 5.74) is 0. The first-order valence-corrected chi connectivity index (χ1v) is 7.36. The van der Waals surface area contributed by atoms with Gasteiger partial charge >= 0.3 is 0 Å². The monoisotopic (exact) mass is 320 g/mol. The van der Waals surface area contributed by atoms with E-state index < -0.39 is 0 Å². The van der Waals surface area contributed by atoms with Crippen molar-refractivity contribution in [2.75, 3.05) is 57.6 Å². The molecule has 1 rings (SSSR count). The smallest absolute Gasteiger partial charge is 0.147 e. The lowest BCUT2D eigenvalue weighted by Gasteiger charge is -2.12. The molecule has 7 heteroatoms. The van der Waals surface area contributed by atoms with Crippen molar-refractivity contribution in [3.8, 4) is 0 Å². The normalized spacial score (nSPS) is 10.9. The van der Waals surface area contributed by atoms with Crippen molar-refractivity contribution in [1.82, 2.24) is 9.88 Å². The molecule has 0 fully saturated rings. The molecule has 114 valence electrons. The van der Waals surface area contributed by atoms with Crippen molar-refractivity contribution in [2.45, 2.75) is 6.92 Å². The standard InChI is InChI=1S/C13H22Cl2N4O/c1-4-16-12-10(14)9-11(15)13(18-12)17-5-7-20-8-6-19(2)3/h9H,4-8H2,1-3H3,(H2,16,17,18). The van der Waals surface area contributed by atoms with Gasteiger partial charge in [-0.2, -0.15) is 0 Å². The Morgan fingerprint density at radius 3 is 2.40 bits per heavy atom. The zero-order valence-corrected chi connectivity index (χ0v) is 13.7. The molecule has 0 aliphatic heterocycles. The lowest BCUT2D eigenvalue weighted by atomic mass is 10.4. The van der Waals surface area contributed by atoms with E-state index in [9.17, 15) is 0 Å². The fourth-order valence-corrected chi connectivity index (χ4v) is 1.96. The molecule has 1 aromatic heterocycles. The summed E-state index contributed by atoms with van der Waals surface area (Å²) in [5.74, 6) is 1.25. The van der Waals surface area contributed by atoms with Gasteiger partial charge in [0.2, 0.25) is 0 Å². The van der Waals surface area contributed by atoms with Crippen LogP contribution in [-0.2, 0) is 4.74 Å². The number of aromatic nitrogens is 1. The van der Waals surface area contributed by atoms with Crippen LogP contribution in [0, 0.1) is 0 Å². The fourth-order valence-electron chi connectivity index (χ4n) is 1.47. The largest absolute Gasteiger partial charge is 0.378 e. The molecule has 1 aromatic rings. The van der Waals surface area contributed by atoms with Crippen LogP contribution < -0.4 is 10.6 Å². The van der Waals surface area contributed by atoms with Crippen molar-refractivity contribution in [3.63, 3.8) is 0 Å². The summed E-state index contributed by atoms with van der Waals surface area (Å²) in [6.45, 7) is 5.60. The van der Waals surface area contributed by atoms with Crippen LogP contribution in [-0.4, -0.2) is 56.8 Å². The summed E-state index contributed by atoms with van der Waals surface area (Å²) in [5, 5.41) is 7.26. The van der Waals surface area contributed by atoms with Crippen LogP contribution in [0.4, 0.5) is 11.6 Å². The van der Waals surface area contributed by atoms with E-state index in [1.165, 1.54) is 0 Å². The molecule has 20 heavy (non-hydrogen) atoms. The first-order valence-electron chi connectivity index (χ1n) is 6.60. The van der Waals surface area contributed by atoms with Gasteiger partial charge in [0.05, 0.1) is 23.3 Å². The predicted molar refractivity (Wildman–Crippen MR) is 86.3 cm³/mol. The zero-order valence-electron chi connectivity index (χ0n) is 12.2. The molecule has 0 saturated heterocycles. The maximum atomic E-state index is 6.10. The number of nitrogens with zero attached hydrogens (tertiary/aromatic N) is 2. The Morgan fingerprint density at radius 1 is 1.15 bits per heavy atom. The number of anilines is 2. The molecule has 0 unspecified atom stereocenters. The second kappa shape index (κ2) is 9.23. The molecule has 0 aliphatic carbocycles. The summed E-state index contributed by atoms with van der Waals surface area (Å²) in [4.78, 5) is 6.43. The van der Waals surface area contributed by atoms with Gasteiger partial charge in [0.1, 0.15) is 11.6 Å². The molecule has 2 N–H and O–H groups in total. The fraction of sp³-hybridized carbons (Fsp3) is 0.615. The van der Waals surface area contributed by atoms with Gasteiger partial charge in [-0.1, -0.05) is 23.2 Å². The van der Waals surface area contributed by atoms with Crippen LogP contribution in [0.25, 0.3) is 0 Å². The SMILES string of the molecule is CCNc1nc(NCCOCCN(C)C)c(Cl)cc1Cl. The summed E-state index contributed by atoms with van der Waals surface area (Å²) in [7, 11) is 4.03. The predicted octanol–water partition coefficient (Wildman–Crippen LogP) is 2.81. The Balaban J connectivity index is 2.41. The molecule has 0 aliphatic rings. The minimum absolute atomic E-state index is 0.505. The molecule has 0 spiro atoms. The van der Waals surface area contributed by atoms with Crippen molar-refractivity contribution in [1.29, 1.82) is 0 Å². The van der Waals surface area contributed by atoms with E-state index in [0.29, 0.717) is 41.4 Å². The Bertz CT molecular complexity index is 416. The van der Waals surface area contributed by atoms with Gasteiger partial charge in [-0.3, -0.25) is 0 Å². The van der Waals surface area contributed by atoms with Crippen LogP contribution in [0.3, 0.4) is 0 Å².